The van der Waals surface area contributed by atoms with E-state index in [0.717, 1.165) is 50.7 Å². The Balaban J connectivity index is 0.920. The van der Waals surface area contributed by atoms with Gasteiger partial charge in [-0.25, -0.2) is 4.79 Å². The molecule has 57 heavy (non-hydrogen) atoms. The quantitative estimate of drug-likeness (QED) is 0.182. The Labute approximate surface area is 337 Å². The standard InChI is InChI=1S/C44H68O13/c1-25-21-34(55-44(23-25)35(46)12-11-31(54-44)24-41(6,50)40(48)49)26(2)9-10-30-14-18-43(53-30)19-15-33-39(57-43)36(47)29(5)38(52-33)32(45)22-28(4)37-27(3)13-17-42(56-37)16-7-8-20-51-42/h9-10,23,26-28,30-39,45-47,50H,5,7-8,11-22,24H2,1-4,6H3,(H,48,49)/b10-9+/t26-,27-,28+,30+,31?,32+,33?,34-,35-,36-,37+,38?,39?,41-,42+,43+,44?/m1/s1. The molecule has 0 saturated carbocycles. The molecule has 0 aromatic carbocycles. The molecule has 5 unspecified atom stereocenters. The first kappa shape index (κ1) is 43.3. The molecule has 5 N–H and O–H groups in total. The highest BCUT2D eigenvalue weighted by atomic mass is 16.7. The van der Waals surface area contributed by atoms with Gasteiger partial charge in [-0.2, -0.15) is 0 Å². The highest BCUT2D eigenvalue weighted by molar-refractivity contribution is 5.76. The number of aliphatic carboxylic acids is 1. The highest BCUT2D eigenvalue weighted by Crippen LogP contribution is 2.47. The summed E-state index contributed by atoms with van der Waals surface area (Å²) in [5, 5.41) is 54.0. The van der Waals surface area contributed by atoms with Crippen LogP contribution < -0.4 is 0 Å². The molecule has 6 saturated heterocycles. The number of fused-ring (bicyclic) bond motifs is 1. The van der Waals surface area contributed by atoms with Crippen LogP contribution in [0.25, 0.3) is 0 Å². The second kappa shape index (κ2) is 17.0. The van der Waals surface area contributed by atoms with Crippen molar-refractivity contribution in [2.75, 3.05) is 6.61 Å². The van der Waals surface area contributed by atoms with Gasteiger partial charge in [-0.3, -0.25) is 0 Å². The van der Waals surface area contributed by atoms with Crippen molar-refractivity contribution in [1.29, 1.82) is 0 Å². The summed E-state index contributed by atoms with van der Waals surface area (Å²) < 4.78 is 45.2. The fourth-order valence-electron chi connectivity index (χ4n) is 10.5. The first-order valence-corrected chi connectivity index (χ1v) is 21.7. The van der Waals surface area contributed by atoms with E-state index in [2.05, 4.69) is 26.5 Å². The third-order valence-electron chi connectivity index (χ3n) is 14.0. The molecule has 7 aliphatic rings. The molecule has 13 nitrogen and oxygen atoms in total. The van der Waals surface area contributed by atoms with Crippen molar-refractivity contribution in [3.05, 3.63) is 36.0 Å². The number of ether oxygens (including phenoxy) is 7. The third-order valence-corrected chi connectivity index (χ3v) is 14.0. The molecule has 7 heterocycles. The van der Waals surface area contributed by atoms with Gasteiger partial charge in [-0.1, -0.05) is 45.1 Å². The van der Waals surface area contributed by atoms with Crippen molar-refractivity contribution in [2.45, 2.75) is 209 Å². The number of aliphatic hydroxyl groups is 4. The van der Waals surface area contributed by atoms with E-state index in [1.807, 2.05) is 19.9 Å². The normalized spacial score (nSPS) is 45.4. The smallest absolute Gasteiger partial charge is 0.335 e. The lowest BCUT2D eigenvalue weighted by Gasteiger charge is -2.50. The van der Waals surface area contributed by atoms with Crippen molar-refractivity contribution < 1.29 is 63.5 Å². The lowest BCUT2D eigenvalue weighted by molar-refractivity contribution is -0.321. The van der Waals surface area contributed by atoms with Gasteiger partial charge in [0.2, 0.25) is 5.79 Å². The summed E-state index contributed by atoms with van der Waals surface area (Å²) in [6, 6.07) is 0. The van der Waals surface area contributed by atoms with Gasteiger partial charge in [0.25, 0.3) is 0 Å². The van der Waals surface area contributed by atoms with Crippen LogP contribution in [0.2, 0.25) is 0 Å². The van der Waals surface area contributed by atoms with Crippen molar-refractivity contribution in [3.63, 3.8) is 0 Å². The van der Waals surface area contributed by atoms with E-state index in [4.69, 9.17) is 33.2 Å². The molecule has 17 atom stereocenters. The molecule has 0 bridgehead atoms. The summed E-state index contributed by atoms with van der Waals surface area (Å²) in [4.78, 5) is 11.6. The van der Waals surface area contributed by atoms with Gasteiger partial charge >= 0.3 is 5.97 Å². The lowest BCUT2D eigenvalue weighted by Crippen LogP contribution is -2.60. The molecular formula is C44H68O13. The fourth-order valence-corrected chi connectivity index (χ4v) is 10.5. The number of carbonyl (C=O) groups is 1. The number of hydrogen-bond donors (Lipinski definition) is 5. The molecule has 0 radical (unpaired) electrons. The van der Waals surface area contributed by atoms with Crippen LogP contribution >= 0.6 is 0 Å². The predicted molar refractivity (Wildman–Crippen MR) is 208 cm³/mol. The number of rotatable bonds is 10. The molecule has 0 amide bonds. The number of aliphatic hydroxyl groups excluding tert-OH is 3. The van der Waals surface area contributed by atoms with Crippen molar-refractivity contribution in [1.82, 2.24) is 0 Å². The van der Waals surface area contributed by atoms with E-state index in [9.17, 15) is 30.3 Å². The van der Waals surface area contributed by atoms with Crippen LogP contribution in [-0.2, 0) is 38.0 Å². The van der Waals surface area contributed by atoms with Crippen molar-refractivity contribution >= 4 is 5.97 Å². The Kier molecular flexibility index (Phi) is 12.9. The minimum atomic E-state index is -1.96. The molecule has 6 fully saturated rings. The Morgan fingerprint density at radius 2 is 1.75 bits per heavy atom. The average molecular weight is 805 g/mol. The summed E-state index contributed by atoms with van der Waals surface area (Å²) in [6.07, 6.45) is 9.37. The van der Waals surface area contributed by atoms with Crippen LogP contribution in [0.5, 0.6) is 0 Å². The SMILES string of the molecule is C=C1C([C@@H](O)C[C@H](C)[C@H]2O[C@@]3(CCCCO3)CC[C@H]2C)OC2CC[C@]3(CC[C@H](/C=C/[C@@H](C)[C@H]4CC(C)=CC5(OC(C[C@@](C)(O)C(=O)O)CC[C@H]5O)O4)O3)OC2[C@@H]1O. The summed E-state index contributed by atoms with van der Waals surface area (Å²) in [7, 11) is 0. The largest absolute Gasteiger partial charge is 0.479 e. The van der Waals surface area contributed by atoms with Crippen LogP contribution in [0, 0.1) is 17.8 Å². The number of carboxylic acid groups (broad SMARTS) is 1. The van der Waals surface area contributed by atoms with Crippen LogP contribution in [-0.4, -0.2) is 122 Å². The van der Waals surface area contributed by atoms with E-state index in [1.165, 1.54) is 6.92 Å². The van der Waals surface area contributed by atoms with E-state index < -0.39 is 71.7 Å². The predicted octanol–water partition coefficient (Wildman–Crippen LogP) is 5.21. The number of hydrogen-bond acceptors (Lipinski definition) is 12. The van der Waals surface area contributed by atoms with Gasteiger partial charge in [0.1, 0.15) is 24.4 Å². The Morgan fingerprint density at radius 1 is 1.00 bits per heavy atom. The zero-order valence-corrected chi connectivity index (χ0v) is 34.6. The topological polar surface area (TPSA) is 183 Å². The third kappa shape index (κ3) is 9.15. The maximum absolute atomic E-state index is 11.6. The summed E-state index contributed by atoms with van der Waals surface area (Å²) in [5.74, 6) is -3.82. The zero-order valence-electron chi connectivity index (χ0n) is 34.6. The molecule has 13 heteroatoms. The van der Waals surface area contributed by atoms with Crippen LogP contribution in [0.4, 0.5) is 0 Å². The van der Waals surface area contributed by atoms with Gasteiger partial charge in [0.15, 0.2) is 17.2 Å². The Morgan fingerprint density at radius 3 is 2.49 bits per heavy atom. The van der Waals surface area contributed by atoms with Gasteiger partial charge in [0, 0.05) is 38.0 Å². The van der Waals surface area contributed by atoms with Gasteiger partial charge in [-0.15, -0.1) is 0 Å². The van der Waals surface area contributed by atoms with E-state index in [-0.39, 0.29) is 36.6 Å². The highest BCUT2D eigenvalue weighted by Gasteiger charge is 2.55. The summed E-state index contributed by atoms with van der Waals surface area (Å²) >= 11 is 0. The molecule has 0 aromatic heterocycles. The van der Waals surface area contributed by atoms with Crippen LogP contribution in [0.1, 0.15) is 125 Å². The molecule has 7 rings (SSSR count). The molecule has 322 valence electrons. The lowest BCUT2D eigenvalue weighted by atomic mass is 9.79. The van der Waals surface area contributed by atoms with Gasteiger partial charge in [-0.05, 0) is 95.1 Å². The van der Waals surface area contributed by atoms with Crippen molar-refractivity contribution in [2.24, 2.45) is 17.8 Å². The summed E-state index contributed by atoms with van der Waals surface area (Å²) in [6.45, 7) is 14.5. The maximum Gasteiger partial charge on any atom is 0.335 e. The van der Waals surface area contributed by atoms with Gasteiger partial charge in [0.05, 0.1) is 43.2 Å². The zero-order chi connectivity index (χ0) is 40.9. The van der Waals surface area contributed by atoms with Crippen LogP contribution in [0.3, 0.4) is 0 Å². The average Bonchev–Trinajstić information content (AvgIpc) is 3.56. The minimum Gasteiger partial charge on any atom is -0.479 e. The Bertz CT molecular complexity index is 1510. The second-order valence-corrected chi connectivity index (χ2v) is 18.9. The van der Waals surface area contributed by atoms with Crippen LogP contribution in [0.15, 0.2) is 36.0 Å². The molecule has 0 aromatic rings. The monoisotopic (exact) mass is 804 g/mol. The number of carboxylic acids is 1. The fraction of sp³-hybridized carbons (Fsp3) is 0.841. The molecule has 3 spiro atoms. The first-order valence-electron chi connectivity index (χ1n) is 21.7. The van der Waals surface area contributed by atoms with E-state index in [1.54, 1.807) is 6.08 Å². The minimum absolute atomic E-state index is 0.0423. The van der Waals surface area contributed by atoms with Crippen molar-refractivity contribution in [3.8, 4) is 0 Å². The molecule has 0 aliphatic carbocycles. The summed E-state index contributed by atoms with van der Waals surface area (Å²) in [5.41, 5.74) is -0.551. The first-order chi connectivity index (χ1) is 26.9. The van der Waals surface area contributed by atoms with Gasteiger partial charge < -0.3 is 58.7 Å². The Hall–Kier alpha value is -1.75. The molecular weight excluding hydrogens is 736 g/mol. The molecule has 7 aliphatic heterocycles. The maximum atomic E-state index is 11.6. The van der Waals surface area contributed by atoms with E-state index >= 15 is 0 Å². The van der Waals surface area contributed by atoms with E-state index in [0.29, 0.717) is 56.4 Å². The second-order valence-electron chi connectivity index (χ2n) is 18.9.